The molecular weight excluding hydrogens is 332 g/mol. The third-order valence-electron chi connectivity index (χ3n) is 4.18. The molecule has 0 amide bonds. The van der Waals surface area contributed by atoms with Gasteiger partial charge in [0.15, 0.2) is 5.78 Å². The number of hydrogen-bond donors (Lipinski definition) is 0. The minimum absolute atomic E-state index is 0.0317. The van der Waals surface area contributed by atoms with E-state index in [1.165, 1.54) is 0 Å². The van der Waals surface area contributed by atoms with E-state index < -0.39 is 0 Å². The van der Waals surface area contributed by atoms with E-state index in [1.54, 1.807) is 6.92 Å². The van der Waals surface area contributed by atoms with Gasteiger partial charge in [0, 0.05) is 21.8 Å². The number of para-hydroxylation sites is 1. The van der Waals surface area contributed by atoms with Crippen molar-refractivity contribution >= 4 is 28.4 Å². The molecule has 0 saturated heterocycles. The largest absolute Gasteiger partial charge is 0.295 e. The molecule has 0 aliphatic carbocycles. The number of fused-ring (bicyclic) bond motifs is 1. The van der Waals surface area contributed by atoms with Crippen LogP contribution in [0.4, 0.5) is 0 Å². The fourth-order valence-corrected chi connectivity index (χ4v) is 3.06. The third kappa shape index (κ3) is 2.83. The number of rotatable bonds is 3. The number of halogens is 1. The Morgan fingerprint density at radius 1 is 0.960 bits per heavy atom. The SMILES string of the molecule is CC(=O)c1ccc2c(c1)nc(-c1ccc(Cl)cc1)n2-c1ccccc1. The van der Waals surface area contributed by atoms with Crippen LogP contribution in [0.15, 0.2) is 72.8 Å². The molecule has 0 bridgehead atoms. The fraction of sp³-hybridized carbons (Fsp3) is 0.0476. The van der Waals surface area contributed by atoms with Gasteiger partial charge in [0.1, 0.15) is 5.82 Å². The van der Waals surface area contributed by atoms with E-state index >= 15 is 0 Å². The first-order valence-electron chi connectivity index (χ1n) is 7.98. The van der Waals surface area contributed by atoms with Gasteiger partial charge in [-0.2, -0.15) is 0 Å². The lowest BCUT2D eigenvalue weighted by Gasteiger charge is -2.09. The van der Waals surface area contributed by atoms with Crippen LogP contribution in [-0.2, 0) is 0 Å². The van der Waals surface area contributed by atoms with Gasteiger partial charge in [0.2, 0.25) is 0 Å². The predicted octanol–water partition coefficient (Wildman–Crippen LogP) is 5.55. The monoisotopic (exact) mass is 346 g/mol. The van der Waals surface area contributed by atoms with Gasteiger partial charge in [-0.05, 0) is 61.5 Å². The highest BCUT2D eigenvalue weighted by molar-refractivity contribution is 6.30. The van der Waals surface area contributed by atoms with Crippen molar-refractivity contribution in [2.75, 3.05) is 0 Å². The Morgan fingerprint density at radius 2 is 1.68 bits per heavy atom. The summed E-state index contributed by atoms with van der Waals surface area (Å²) in [6.07, 6.45) is 0. The quantitative estimate of drug-likeness (QED) is 0.456. The first-order valence-corrected chi connectivity index (χ1v) is 8.36. The molecule has 0 fully saturated rings. The molecule has 0 atom stereocenters. The predicted molar refractivity (Wildman–Crippen MR) is 102 cm³/mol. The lowest BCUT2D eigenvalue weighted by molar-refractivity contribution is 0.101. The second-order valence-electron chi connectivity index (χ2n) is 5.87. The molecule has 1 aromatic heterocycles. The molecule has 122 valence electrons. The number of benzene rings is 3. The molecule has 0 unspecified atom stereocenters. The van der Waals surface area contributed by atoms with Crippen LogP contribution in [0.25, 0.3) is 28.1 Å². The summed E-state index contributed by atoms with van der Waals surface area (Å²) in [5, 5.41) is 0.685. The molecular formula is C21H15ClN2O. The van der Waals surface area contributed by atoms with Crippen molar-refractivity contribution in [1.82, 2.24) is 9.55 Å². The molecule has 0 spiro atoms. The normalized spacial score (nSPS) is 11.0. The molecule has 4 heteroatoms. The Labute approximate surface area is 150 Å². The number of nitrogens with zero attached hydrogens (tertiary/aromatic N) is 2. The van der Waals surface area contributed by atoms with E-state index in [0.717, 1.165) is 28.1 Å². The van der Waals surface area contributed by atoms with Crippen molar-refractivity contribution in [2.45, 2.75) is 6.92 Å². The standard InChI is InChI=1S/C21H15ClN2O/c1-14(25)16-9-12-20-19(13-16)23-21(15-7-10-17(22)11-8-15)24(20)18-5-3-2-4-6-18/h2-13H,1H3. The maximum Gasteiger partial charge on any atom is 0.159 e. The first-order chi connectivity index (χ1) is 12.1. The molecule has 3 nitrogen and oxygen atoms in total. The number of Topliss-reactive ketones (excluding diaryl/α,β-unsaturated/α-hetero) is 1. The summed E-state index contributed by atoms with van der Waals surface area (Å²) in [5.41, 5.74) is 4.40. The van der Waals surface area contributed by atoms with Gasteiger partial charge in [-0.3, -0.25) is 9.36 Å². The number of imidazole rings is 1. The zero-order chi connectivity index (χ0) is 17.4. The lowest BCUT2D eigenvalue weighted by Crippen LogP contribution is -1.97. The van der Waals surface area contributed by atoms with E-state index in [1.807, 2.05) is 72.8 Å². The maximum absolute atomic E-state index is 11.7. The van der Waals surface area contributed by atoms with Crippen LogP contribution >= 0.6 is 11.6 Å². The summed E-state index contributed by atoms with van der Waals surface area (Å²) in [4.78, 5) is 16.5. The van der Waals surface area contributed by atoms with Crippen LogP contribution in [0, 0.1) is 0 Å². The highest BCUT2D eigenvalue weighted by Crippen LogP contribution is 2.29. The Hall–Kier alpha value is -2.91. The summed E-state index contributed by atoms with van der Waals surface area (Å²) in [6, 6.07) is 23.3. The smallest absolute Gasteiger partial charge is 0.159 e. The zero-order valence-corrected chi connectivity index (χ0v) is 14.4. The second-order valence-corrected chi connectivity index (χ2v) is 6.31. The molecule has 0 saturated carbocycles. The Morgan fingerprint density at radius 3 is 2.36 bits per heavy atom. The molecule has 4 rings (SSSR count). The lowest BCUT2D eigenvalue weighted by atomic mass is 10.1. The Kier molecular flexibility index (Phi) is 3.86. The summed E-state index contributed by atoms with van der Waals surface area (Å²) in [6.45, 7) is 1.56. The summed E-state index contributed by atoms with van der Waals surface area (Å²) in [5.74, 6) is 0.850. The van der Waals surface area contributed by atoms with Crippen molar-refractivity contribution in [3.05, 3.63) is 83.4 Å². The van der Waals surface area contributed by atoms with Crippen LogP contribution in [0.2, 0.25) is 5.02 Å². The molecule has 25 heavy (non-hydrogen) atoms. The van der Waals surface area contributed by atoms with E-state index in [0.29, 0.717) is 10.6 Å². The number of hydrogen-bond acceptors (Lipinski definition) is 2. The molecule has 0 aliphatic heterocycles. The van der Waals surface area contributed by atoms with Gasteiger partial charge >= 0.3 is 0 Å². The van der Waals surface area contributed by atoms with Crippen molar-refractivity contribution in [3.8, 4) is 17.1 Å². The number of carbonyl (C=O) groups is 1. The highest BCUT2D eigenvalue weighted by Gasteiger charge is 2.15. The Bertz CT molecular complexity index is 1070. The summed E-state index contributed by atoms with van der Waals surface area (Å²) in [7, 11) is 0. The van der Waals surface area contributed by atoms with Gasteiger partial charge in [-0.1, -0.05) is 29.8 Å². The number of aromatic nitrogens is 2. The van der Waals surface area contributed by atoms with E-state index in [4.69, 9.17) is 16.6 Å². The minimum atomic E-state index is 0.0317. The third-order valence-corrected chi connectivity index (χ3v) is 4.43. The molecule has 1 heterocycles. The highest BCUT2D eigenvalue weighted by atomic mass is 35.5. The van der Waals surface area contributed by atoms with Crippen LogP contribution in [-0.4, -0.2) is 15.3 Å². The maximum atomic E-state index is 11.7. The topological polar surface area (TPSA) is 34.9 Å². The molecule has 0 N–H and O–H groups in total. The van der Waals surface area contributed by atoms with Crippen molar-refractivity contribution in [2.24, 2.45) is 0 Å². The number of ketones is 1. The molecule has 4 aromatic rings. The van der Waals surface area contributed by atoms with Crippen LogP contribution in [0.1, 0.15) is 17.3 Å². The number of carbonyl (C=O) groups excluding carboxylic acids is 1. The van der Waals surface area contributed by atoms with E-state index in [9.17, 15) is 4.79 Å². The fourth-order valence-electron chi connectivity index (χ4n) is 2.93. The van der Waals surface area contributed by atoms with Gasteiger partial charge in [0.25, 0.3) is 0 Å². The van der Waals surface area contributed by atoms with Crippen LogP contribution < -0.4 is 0 Å². The summed E-state index contributed by atoms with van der Waals surface area (Å²) < 4.78 is 2.10. The van der Waals surface area contributed by atoms with E-state index in [-0.39, 0.29) is 5.78 Å². The van der Waals surface area contributed by atoms with Crippen molar-refractivity contribution in [1.29, 1.82) is 0 Å². The van der Waals surface area contributed by atoms with E-state index in [2.05, 4.69) is 4.57 Å². The first kappa shape index (κ1) is 15.6. The van der Waals surface area contributed by atoms with Gasteiger partial charge in [0.05, 0.1) is 11.0 Å². The Balaban J connectivity index is 2.03. The molecule has 0 radical (unpaired) electrons. The van der Waals surface area contributed by atoms with Crippen molar-refractivity contribution in [3.63, 3.8) is 0 Å². The second kappa shape index (κ2) is 6.19. The van der Waals surface area contributed by atoms with Crippen molar-refractivity contribution < 1.29 is 4.79 Å². The average molecular weight is 347 g/mol. The van der Waals surface area contributed by atoms with Crippen LogP contribution in [0.3, 0.4) is 0 Å². The van der Waals surface area contributed by atoms with Crippen LogP contribution in [0.5, 0.6) is 0 Å². The van der Waals surface area contributed by atoms with Gasteiger partial charge in [-0.25, -0.2) is 4.98 Å². The molecule has 0 aliphatic rings. The average Bonchev–Trinajstić information content (AvgIpc) is 3.01. The van der Waals surface area contributed by atoms with Gasteiger partial charge < -0.3 is 0 Å². The molecule has 3 aromatic carbocycles. The van der Waals surface area contributed by atoms with Gasteiger partial charge in [-0.15, -0.1) is 0 Å². The zero-order valence-electron chi connectivity index (χ0n) is 13.6. The minimum Gasteiger partial charge on any atom is -0.295 e. The summed E-state index contributed by atoms with van der Waals surface area (Å²) >= 11 is 6.03.